The molecule has 10 aromatic rings. The van der Waals surface area contributed by atoms with E-state index in [2.05, 4.69) is 166 Å². The molecular weight excluding hydrogens is 700 g/mol. The highest BCUT2D eigenvalue weighted by molar-refractivity contribution is 6.12. The fourth-order valence-electron chi connectivity index (χ4n) is 8.59. The zero-order valence-electron chi connectivity index (χ0n) is 30.8. The van der Waals surface area contributed by atoms with Gasteiger partial charge in [0, 0.05) is 44.7 Å². The van der Waals surface area contributed by atoms with Crippen molar-refractivity contribution in [2.24, 2.45) is 4.99 Å². The number of aliphatic imine (C=N–C) groups is 1. The van der Waals surface area contributed by atoms with Gasteiger partial charge in [-0.2, -0.15) is 0 Å². The molecule has 1 aliphatic rings. The fraction of sp³-hybridized carbons (Fsp3) is 0.0192. The van der Waals surface area contributed by atoms with Gasteiger partial charge in [-0.3, -0.25) is 0 Å². The maximum Gasteiger partial charge on any atom is 0.200 e. The van der Waals surface area contributed by atoms with Crippen molar-refractivity contribution in [1.29, 1.82) is 0 Å². The van der Waals surface area contributed by atoms with Gasteiger partial charge in [-0.15, -0.1) is 0 Å². The van der Waals surface area contributed by atoms with Crippen LogP contribution in [0.5, 0.6) is 0 Å². The highest BCUT2D eigenvalue weighted by Crippen LogP contribution is 2.39. The van der Waals surface area contributed by atoms with Gasteiger partial charge in [0.05, 0.1) is 22.1 Å². The van der Waals surface area contributed by atoms with E-state index in [1.165, 1.54) is 21.8 Å². The minimum absolute atomic E-state index is 0.288. The largest absolute Gasteiger partial charge is 0.346 e. The summed E-state index contributed by atoms with van der Waals surface area (Å²) in [7, 11) is 0. The quantitative estimate of drug-likeness (QED) is 0.181. The van der Waals surface area contributed by atoms with Gasteiger partial charge in [0.1, 0.15) is 5.82 Å². The van der Waals surface area contributed by atoms with Gasteiger partial charge in [0.2, 0.25) is 6.29 Å². The monoisotopic (exact) mass is 734 g/mol. The van der Waals surface area contributed by atoms with Crippen LogP contribution in [0.2, 0.25) is 0 Å². The van der Waals surface area contributed by atoms with Crippen LogP contribution in [-0.4, -0.2) is 15.3 Å². The van der Waals surface area contributed by atoms with Crippen LogP contribution in [0, 0.1) is 5.82 Å². The Balaban J connectivity index is 0.949. The van der Waals surface area contributed by atoms with Crippen LogP contribution in [0.4, 0.5) is 4.39 Å². The Morgan fingerprint density at radius 3 is 1.67 bits per heavy atom. The van der Waals surface area contributed by atoms with Crippen LogP contribution in [-0.2, 0) is 0 Å². The first-order valence-electron chi connectivity index (χ1n) is 19.2. The third-order valence-corrected chi connectivity index (χ3v) is 11.3. The Labute approximate surface area is 329 Å². The summed E-state index contributed by atoms with van der Waals surface area (Å²) in [5.74, 6) is -0.288. The third kappa shape index (κ3) is 5.63. The van der Waals surface area contributed by atoms with Crippen molar-refractivity contribution in [2.75, 3.05) is 0 Å². The van der Waals surface area contributed by atoms with E-state index in [9.17, 15) is 0 Å². The molecule has 270 valence electrons. The molecule has 1 N–H and O–H groups in total. The number of nitrogens with one attached hydrogen (secondary N) is 1. The Morgan fingerprint density at radius 1 is 0.421 bits per heavy atom. The summed E-state index contributed by atoms with van der Waals surface area (Å²) >= 11 is 0. The van der Waals surface area contributed by atoms with Crippen LogP contribution in [0.25, 0.3) is 88.4 Å². The Morgan fingerprint density at radius 2 is 0.930 bits per heavy atom. The molecule has 0 amide bonds. The van der Waals surface area contributed by atoms with E-state index in [1.807, 2.05) is 36.6 Å². The van der Waals surface area contributed by atoms with Crippen molar-refractivity contribution in [1.82, 2.24) is 14.5 Å². The van der Waals surface area contributed by atoms with E-state index in [0.717, 1.165) is 72.1 Å². The average molecular weight is 735 g/mol. The van der Waals surface area contributed by atoms with Gasteiger partial charge < -0.3 is 14.5 Å². The zero-order valence-corrected chi connectivity index (χ0v) is 30.8. The molecule has 0 aliphatic carbocycles. The van der Waals surface area contributed by atoms with E-state index in [4.69, 9.17) is 4.99 Å². The predicted octanol–water partition coefficient (Wildman–Crippen LogP) is 13.2. The first-order chi connectivity index (χ1) is 28.2. The molecule has 0 saturated carbocycles. The number of halogens is 1. The van der Waals surface area contributed by atoms with Gasteiger partial charge in [-0.05, 0) is 106 Å². The van der Waals surface area contributed by atoms with Crippen molar-refractivity contribution in [3.05, 3.63) is 206 Å². The molecule has 4 nitrogen and oxygen atoms in total. The molecule has 1 aliphatic heterocycles. The van der Waals surface area contributed by atoms with Crippen LogP contribution in [0.1, 0.15) is 11.9 Å². The van der Waals surface area contributed by atoms with E-state index in [0.29, 0.717) is 0 Å². The molecule has 3 heterocycles. The number of para-hydroxylation sites is 3. The molecular formula is C52H35FN4. The molecule has 5 heteroatoms. The highest BCUT2D eigenvalue weighted by atomic mass is 19.1. The van der Waals surface area contributed by atoms with Crippen molar-refractivity contribution in [2.45, 2.75) is 6.29 Å². The topological polar surface area (TPSA) is 34.2 Å². The molecule has 2 aromatic heterocycles. The lowest BCUT2D eigenvalue weighted by Crippen LogP contribution is -2.26. The standard InChI is InChI=1S/C52H35FN4/c53-41-30-39(36-21-19-35(20-22-36)34-11-3-1-4-12-34)29-40(31-41)47-27-28-54-52(55-47)57-49-18-10-8-16-44(49)46-33-38(24-26-51(46)57)37-23-25-50-45(32-37)43-15-7-9-17-48(43)56(50)42-13-5-2-6-14-42/h1-33,52,55H. The smallest absolute Gasteiger partial charge is 0.200 e. The zero-order chi connectivity index (χ0) is 37.9. The van der Waals surface area contributed by atoms with Gasteiger partial charge in [-0.1, -0.05) is 121 Å². The summed E-state index contributed by atoms with van der Waals surface area (Å²) in [6.07, 6.45) is 3.31. The van der Waals surface area contributed by atoms with E-state index >= 15 is 4.39 Å². The second-order valence-corrected chi connectivity index (χ2v) is 14.6. The first kappa shape index (κ1) is 32.9. The lowest BCUT2D eigenvalue weighted by molar-refractivity contribution is 0.510. The SMILES string of the molecule is Fc1cc(C2=CC=NC(n3c4ccccc4c4cc(-c5ccc6c(c5)c5ccccc5n6-c5ccccc5)ccc43)N2)cc(-c2ccc(-c3ccccc3)cc2)c1. The molecule has 0 radical (unpaired) electrons. The number of hydrogen-bond donors (Lipinski definition) is 1. The minimum Gasteiger partial charge on any atom is -0.346 e. The summed E-state index contributed by atoms with van der Waals surface area (Å²) in [5.41, 5.74) is 13.6. The van der Waals surface area contributed by atoms with Crippen molar-refractivity contribution >= 4 is 55.5 Å². The number of nitrogens with zero attached hydrogens (tertiary/aromatic N) is 3. The molecule has 0 fully saturated rings. The molecule has 1 atom stereocenters. The predicted molar refractivity (Wildman–Crippen MR) is 235 cm³/mol. The average Bonchev–Trinajstić information content (AvgIpc) is 3.79. The van der Waals surface area contributed by atoms with E-state index in [1.54, 1.807) is 12.1 Å². The maximum absolute atomic E-state index is 15.3. The number of fused-ring (bicyclic) bond motifs is 6. The summed E-state index contributed by atoms with van der Waals surface area (Å²) < 4.78 is 19.9. The van der Waals surface area contributed by atoms with Gasteiger partial charge in [0.25, 0.3) is 0 Å². The molecule has 8 aromatic carbocycles. The van der Waals surface area contributed by atoms with E-state index < -0.39 is 6.29 Å². The minimum atomic E-state index is -0.435. The molecule has 0 spiro atoms. The molecule has 1 unspecified atom stereocenters. The Kier molecular flexibility index (Phi) is 7.71. The van der Waals surface area contributed by atoms with Crippen LogP contribution in [0.3, 0.4) is 0 Å². The lowest BCUT2D eigenvalue weighted by Gasteiger charge is -2.24. The summed E-state index contributed by atoms with van der Waals surface area (Å²) in [5, 5.41) is 8.40. The second kappa shape index (κ2) is 13.4. The Bertz CT molecular complexity index is 3210. The van der Waals surface area contributed by atoms with Crippen LogP contribution in [0.15, 0.2) is 199 Å². The molecule has 57 heavy (non-hydrogen) atoms. The van der Waals surface area contributed by atoms with E-state index in [-0.39, 0.29) is 5.82 Å². The van der Waals surface area contributed by atoms with Gasteiger partial charge >= 0.3 is 0 Å². The van der Waals surface area contributed by atoms with Crippen molar-refractivity contribution < 1.29 is 4.39 Å². The number of rotatable bonds is 6. The summed E-state index contributed by atoms with van der Waals surface area (Å²) in [4.78, 5) is 4.91. The third-order valence-electron chi connectivity index (χ3n) is 11.3. The second-order valence-electron chi connectivity index (χ2n) is 14.6. The number of benzene rings is 8. The molecule has 11 rings (SSSR count). The summed E-state index contributed by atoms with van der Waals surface area (Å²) in [6.45, 7) is 0. The molecule has 0 bridgehead atoms. The summed E-state index contributed by atoms with van der Waals surface area (Å²) in [6, 6.07) is 65.0. The number of allylic oxidation sites excluding steroid dienone is 1. The fourth-order valence-corrected chi connectivity index (χ4v) is 8.59. The Hall–Kier alpha value is -7.50. The van der Waals surface area contributed by atoms with Crippen molar-refractivity contribution in [3.63, 3.8) is 0 Å². The number of hydrogen-bond acceptors (Lipinski definition) is 2. The van der Waals surface area contributed by atoms with Crippen LogP contribution < -0.4 is 5.32 Å². The maximum atomic E-state index is 15.3. The van der Waals surface area contributed by atoms with Crippen molar-refractivity contribution in [3.8, 4) is 39.1 Å². The normalized spacial score (nSPS) is 14.1. The lowest BCUT2D eigenvalue weighted by atomic mass is 9.98. The number of aromatic nitrogens is 2. The van der Waals surface area contributed by atoms with Gasteiger partial charge in [0.15, 0.2) is 0 Å². The van der Waals surface area contributed by atoms with Gasteiger partial charge in [-0.25, -0.2) is 9.38 Å². The first-order valence-corrected chi connectivity index (χ1v) is 19.2. The highest BCUT2D eigenvalue weighted by Gasteiger charge is 2.22. The molecule has 0 saturated heterocycles. The van der Waals surface area contributed by atoms with Crippen LogP contribution >= 0.6 is 0 Å².